The largest absolute Gasteiger partial charge is 0.493 e. The summed E-state index contributed by atoms with van der Waals surface area (Å²) in [5, 5.41) is 0. The number of aliphatic imine (C=N–C) groups is 1. The quantitative estimate of drug-likeness (QED) is 0.612. The van der Waals surface area contributed by atoms with Gasteiger partial charge >= 0.3 is 0 Å². The van der Waals surface area contributed by atoms with Crippen molar-refractivity contribution in [1.82, 2.24) is 4.90 Å². The van der Waals surface area contributed by atoms with Crippen LogP contribution in [0.25, 0.3) is 0 Å². The van der Waals surface area contributed by atoms with Crippen molar-refractivity contribution < 1.29 is 18.9 Å². The maximum Gasteiger partial charge on any atom is 0.161 e. The minimum Gasteiger partial charge on any atom is -0.493 e. The monoisotopic (exact) mass is 436 g/mol. The van der Waals surface area contributed by atoms with Crippen LogP contribution in [0.3, 0.4) is 0 Å². The summed E-state index contributed by atoms with van der Waals surface area (Å²) in [6.07, 6.45) is 6.21. The Labute approximate surface area is 190 Å². The van der Waals surface area contributed by atoms with Crippen LogP contribution in [0.2, 0.25) is 0 Å². The first kappa shape index (κ1) is 22.2. The van der Waals surface area contributed by atoms with Crippen molar-refractivity contribution in [2.45, 2.75) is 30.8 Å². The van der Waals surface area contributed by atoms with Gasteiger partial charge in [-0.1, -0.05) is 18.2 Å². The third-order valence-corrected chi connectivity index (χ3v) is 6.47. The van der Waals surface area contributed by atoms with Gasteiger partial charge in [0.2, 0.25) is 0 Å². The summed E-state index contributed by atoms with van der Waals surface area (Å²) in [7, 11) is 10.9. The zero-order chi connectivity index (χ0) is 22.8. The highest BCUT2D eigenvalue weighted by Gasteiger charge is 2.38. The molecule has 0 bridgehead atoms. The maximum atomic E-state index is 5.64. The van der Waals surface area contributed by atoms with Gasteiger partial charge in [0.25, 0.3) is 0 Å². The van der Waals surface area contributed by atoms with Crippen LogP contribution in [-0.2, 0) is 6.42 Å². The van der Waals surface area contributed by atoms with Gasteiger partial charge in [-0.2, -0.15) is 0 Å². The Kier molecular flexibility index (Phi) is 6.42. The fourth-order valence-corrected chi connectivity index (χ4v) is 4.84. The summed E-state index contributed by atoms with van der Waals surface area (Å²) in [4.78, 5) is 7.57. The molecule has 170 valence electrons. The van der Waals surface area contributed by atoms with Crippen molar-refractivity contribution in [2.75, 3.05) is 42.5 Å². The van der Waals surface area contributed by atoms with Crippen LogP contribution in [0, 0.1) is 0 Å². The van der Waals surface area contributed by atoms with E-state index in [0.29, 0.717) is 12.3 Å². The molecule has 32 heavy (non-hydrogen) atoms. The average Bonchev–Trinajstić information content (AvgIpc) is 2.82. The van der Waals surface area contributed by atoms with Crippen LogP contribution in [0.15, 0.2) is 47.5 Å². The third kappa shape index (κ3) is 3.95. The zero-order valence-corrected chi connectivity index (χ0v) is 19.7. The molecule has 4 rings (SSSR count). The molecule has 2 aliphatic rings. The van der Waals surface area contributed by atoms with Gasteiger partial charge in [0.1, 0.15) is 0 Å². The molecule has 0 aromatic heterocycles. The predicted octanol–water partition coefficient (Wildman–Crippen LogP) is 4.11. The third-order valence-electron chi connectivity index (χ3n) is 6.47. The molecule has 0 saturated heterocycles. The fraction of sp³-hybridized carbons (Fsp3) is 0.423. The molecule has 6 heteroatoms. The summed E-state index contributed by atoms with van der Waals surface area (Å²) in [5.41, 5.74) is 4.57. The van der Waals surface area contributed by atoms with E-state index in [0.717, 1.165) is 46.3 Å². The van der Waals surface area contributed by atoms with E-state index >= 15 is 0 Å². The number of ether oxygens (including phenoxy) is 4. The standard InChI is InChI=1S/C26H32N2O4/c1-28(2)21-9-7-8-17-18-14-24(31-5)25(32-6)15-19(18)20(27-26(17)21)12-16-10-11-22(29-3)23(13-16)30-4/h7,9-11,13-15,17,21,26H,8,12H2,1-6H3/t17-,21-,26?/m0/s1. The second-order valence-corrected chi connectivity index (χ2v) is 8.45. The smallest absolute Gasteiger partial charge is 0.161 e. The molecule has 1 aliphatic heterocycles. The van der Waals surface area contributed by atoms with E-state index in [2.05, 4.69) is 49.3 Å². The van der Waals surface area contributed by atoms with Gasteiger partial charge < -0.3 is 23.8 Å². The fourth-order valence-electron chi connectivity index (χ4n) is 4.84. The van der Waals surface area contributed by atoms with Crippen molar-refractivity contribution in [1.29, 1.82) is 0 Å². The molecule has 3 atom stereocenters. The SMILES string of the molecule is COc1ccc(CC2=NC3[C@@H](CC=C[C@@H]3N(C)C)c3cc(OC)c(OC)cc32)cc1OC. The summed E-state index contributed by atoms with van der Waals surface area (Å²) in [5.74, 6) is 3.22. The van der Waals surface area contributed by atoms with Crippen LogP contribution >= 0.6 is 0 Å². The van der Waals surface area contributed by atoms with Gasteiger partial charge in [-0.15, -0.1) is 0 Å². The first-order valence-corrected chi connectivity index (χ1v) is 10.9. The van der Waals surface area contributed by atoms with Gasteiger partial charge in [0, 0.05) is 23.6 Å². The predicted molar refractivity (Wildman–Crippen MR) is 127 cm³/mol. The molecular formula is C26H32N2O4. The van der Waals surface area contributed by atoms with Gasteiger partial charge in [0.05, 0.1) is 40.5 Å². The van der Waals surface area contributed by atoms with Crippen molar-refractivity contribution in [3.63, 3.8) is 0 Å². The highest BCUT2D eigenvalue weighted by molar-refractivity contribution is 6.05. The van der Waals surface area contributed by atoms with E-state index < -0.39 is 0 Å². The second-order valence-electron chi connectivity index (χ2n) is 8.45. The summed E-state index contributed by atoms with van der Waals surface area (Å²) < 4.78 is 22.2. The Bertz CT molecular complexity index is 1040. The molecule has 1 aliphatic carbocycles. The second kappa shape index (κ2) is 9.25. The lowest BCUT2D eigenvalue weighted by atomic mass is 9.75. The Morgan fingerprint density at radius 1 is 0.875 bits per heavy atom. The molecule has 2 aromatic rings. The Hall–Kier alpha value is -2.99. The summed E-state index contributed by atoms with van der Waals surface area (Å²) in [6.45, 7) is 0. The van der Waals surface area contributed by atoms with Gasteiger partial charge in [-0.3, -0.25) is 4.99 Å². The lowest BCUT2D eigenvalue weighted by molar-refractivity contribution is 0.267. The van der Waals surface area contributed by atoms with Crippen molar-refractivity contribution in [2.24, 2.45) is 4.99 Å². The molecule has 0 amide bonds. The lowest BCUT2D eigenvalue weighted by Crippen LogP contribution is -2.44. The number of rotatable bonds is 7. The first-order chi connectivity index (χ1) is 15.5. The molecule has 0 N–H and O–H groups in total. The Morgan fingerprint density at radius 2 is 1.53 bits per heavy atom. The number of allylic oxidation sites excluding steroid dienone is 1. The minimum atomic E-state index is 0.149. The van der Waals surface area contributed by atoms with Gasteiger partial charge in [0.15, 0.2) is 23.0 Å². The van der Waals surface area contributed by atoms with Crippen molar-refractivity contribution in [3.8, 4) is 23.0 Å². The van der Waals surface area contributed by atoms with E-state index in [1.807, 2.05) is 12.1 Å². The van der Waals surface area contributed by atoms with Crippen LogP contribution < -0.4 is 18.9 Å². The number of hydrogen-bond acceptors (Lipinski definition) is 6. The van der Waals surface area contributed by atoms with E-state index in [1.54, 1.807) is 28.4 Å². The number of fused-ring (bicyclic) bond motifs is 3. The van der Waals surface area contributed by atoms with E-state index in [9.17, 15) is 0 Å². The number of methoxy groups -OCH3 is 4. The molecular weight excluding hydrogens is 404 g/mol. The molecule has 0 saturated carbocycles. The molecule has 1 unspecified atom stereocenters. The molecule has 0 fully saturated rings. The molecule has 2 aromatic carbocycles. The first-order valence-electron chi connectivity index (χ1n) is 10.9. The molecule has 1 heterocycles. The average molecular weight is 437 g/mol. The highest BCUT2D eigenvalue weighted by Crippen LogP contribution is 2.43. The summed E-state index contributed by atoms with van der Waals surface area (Å²) >= 11 is 0. The van der Waals surface area contributed by atoms with Crippen molar-refractivity contribution in [3.05, 3.63) is 59.2 Å². The highest BCUT2D eigenvalue weighted by atomic mass is 16.5. The molecule has 0 radical (unpaired) electrons. The van der Waals surface area contributed by atoms with E-state index in [-0.39, 0.29) is 12.1 Å². The van der Waals surface area contributed by atoms with E-state index in [4.69, 9.17) is 23.9 Å². The number of nitrogens with zero attached hydrogens (tertiary/aromatic N) is 2. The van der Waals surface area contributed by atoms with Crippen LogP contribution in [0.5, 0.6) is 23.0 Å². The topological polar surface area (TPSA) is 52.5 Å². The van der Waals surface area contributed by atoms with Gasteiger partial charge in [-0.05, 0) is 55.9 Å². The normalized spacial score (nSPS) is 21.5. The number of likely N-dealkylation sites (N-methyl/N-ethyl adjacent to an activating group) is 1. The molecule has 0 spiro atoms. The Morgan fingerprint density at radius 3 is 2.19 bits per heavy atom. The number of benzene rings is 2. The van der Waals surface area contributed by atoms with Crippen LogP contribution in [-0.4, -0.2) is 65.2 Å². The Balaban J connectivity index is 1.82. The minimum absolute atomic E-state index is 0.149. The summed E-state index contributed by atoms with van der Waals surface area (Å²) in [6, 6.07) is 10.7. The van der Waals surface area contributed by atoms with Gasteiger partial charge in [-0.25, -0.2) is 0 Å². The van der Waals surface area contributed by atoms with Crippen LogP contribution in [0.4, 0.5) is 0 Å². The van der Waals surface area contributed by atoms with E-state index in [1.165, 1.54) is 5.56 Å². The van der Waals surface area contributed by atoms with Crippen molar-refractivity contribution >= 4 is 5.71 Å². The number of hydrogen-bond donors (Lipinski definition) is 0. The lowest BCUT2D eigenvalue weighted by Gasteiger charge is -2.40. The maximum absolute atomic E-state index is 5.64. The zero-order valence-electron chi connectivity index (χ0n) is 19.7. The van der Waals surface area contributed by atoms with Crippen LogP contribution in [0.1, 0.15) is 29.0 Å². The molecule has 6 nitrogen and oxygen atoms in total.